The van der Waals surface area contributed by atoms with Crippen LogP contribution in [-0.4, -0.2) is 32.2 Å². The lowest BCUT2D eigenvalue weighted by atomic mass is 9.73. The Morgan fingerprint density at radius 3 is 2.28 bits per heavy atom. The summed E-state index contributed by atoms with van der Waals surface area (Å²) < 4.78 is 5.57. The maximum absolute atomic E-state index is 13.4. The van der Waals surface area contributed by atoms with Crippen molar-refractivity contribution in [3.8, 4) is 0 Å². The minimum Gasteiger partial charge on any atom is -0.381 e. The zero-order valence-electron chi connectivity index (χ0n) is 17.4. The molecule has 2 saturated heterocycles. The largest absolute Gasteiger partial charge is 0.381 e. The summed E-state index contributed by atoms with van der Waals surface area (Å²) in [6.45, 7) is 5.62. The number of carbonyl (C=O) groups excluding carboxylic acids is 1. The Morgan fingerprint density at radius 1 is 0.966 bits per heavy atom. The maximum atomic E-state index is 13.4. The van der Waals surface area contributed by atoms with Gasteiger partial charge in [0, 0.05) is 32.0 Å². The first kappa shape index (κ1) is 20.0. The van der Waals surface area contributed by atoms with Gasteiger partial charge in [0.15, 0.2) is 0 Å². The van der Waals surface area contributed by atoms with Gasteiger partial charge >= 0.3 is 0 Å². The van der Waals surface area contributed by atoms with E-state index in [1.165, 1.54) is 24.9 Å². The SMILES string of the molecule is C[C@@H](NC(=O)C1(c2ccccc2)CCOCC1)c1ccc(N2CCCCC2)cc1. The van der Waals surface area contributed by atoms with Crippen LogP contribution in [0, 0.1) is 0 Å². The Hall–Kier alpha value is -2.33. The van der Waals surface area contributed by atoms with Crippen molar-refractivity contribution in [2.45, 2.75) is 50.5 Å². The van der Waals surface area contributed by atoms with Gasteiger partial charge in [-0.15, -0.1) is 0 Å². The van der Waals surface area contributed by atoms with Crippen LogP contribution in [0.1, 0.15) is 56.2 Å². The lowest BCUT2D eigenvalue weighted by Crippen LogP contribution is -2.48. The molecule has 2 aliphatic rings. The number of piperidine rings is 1. The fraction of sp³-hybridized carbons (Fsp3) is 0.480. The van der Waals surface area contributed by atoms with E-state index in [4.69, 9.17) is 4.74 Å². The van der Waals surface area contributed by atoms with Gasteiger partial charge in [-0.25, -0.2) is 0 Å². The molecule has 2 fully saturated rings. The van der Waals surface area contributed by atoms with Crippen LogP contribution in [0.4, 0.5) is 5.69 Å². The van der Waals surface area contributed by atoms with Gasteiger partial charge < -0.3 is 15.0 Å². The molecule has 0 aromatic heterocycles. The summed E-state index contributed by atoms with van der Waals surface area (Å²) in [6, 6.07) is 18.9. The average molecular weight is 393 g/mol. The predicted molar refractivity (Wildman–Crippen MR) is 117 cm³/mol. The zero-order valence-corrected chi connectivity index (χ0v) is 17.4. The van der Waals surface area contributed by atoms with Crippen LogP contribution in [0.15, 0.2) is 54.6 Å². The number of benzene rings is 2. The molecule has 154 valence electrons. The van der Waals surface area contributed by atoms with Crippen LogP contribution in [-0.2, 0) is 14.9 Å². The number of hydrogen-bond acceptors (Lipinski definition) is 3. The summed E-state index contributed by atoms with van der Waals surface area (Å²) in [5.41, 5.74) is 3.03. The number of carbonyl (C=O) groups is 1. The molecule has 4 heteroatoms. The fourth-order valence-electron chi connectivity index (χ4n) is 4.67. The Balaban J connectivity index is 1.47. The summed E-state index contributed by atoms with van der Waals surface area (Å²) in [4.78, 5) is 15.9. The van der Waals surface area contributed by atoms with Crippen molar-refractivity contribution in [1.29, 1.82) is 0 Å². The minimum absolute atomic E-state index is 0.0265. The van der Waals surface area contributed by atoms with Crippen molar-refractivity contribution < 1.29 is 9.53 Å². The van der Waals surface area contributed by atoms with Crippen molar-refractivity contribution in [2.24, 2.45) is 0 Å². The van der Waals surface area contributed by atoms with Crippen LogP contribution in [0.3, 0.4) is 0 Å². The van der Waals surface area contributed by atoms with E-state index in [1.807, 2.05) is 18.2 Å². The van der Waals surface area contributed by atoms with Crippen molar-refractivity contribution in [2.75, 3.05) is 31.2 Å². The van der Waals surface area contributed by atoms with Gasteiger partial charge in [-0.1, -0.05) is 42.5 Å². The van der Waals surface area contributed by atoms with Gasteiger partial charge in [-0.05, 0) is 62.3 Å². The minimum atomic E-state index is -0.499. The van der Waals surface area contributed by atoms with E-state index in [2.05, 4.69) is 53.5 Å². The Morgan fingerprint density at radius 2 is 1.62 bits per heavy atom. The lowest BCUT2D eigenvalue weighted by molar-refractivity contribution is -0.131. The lowest BCUT2D eigenvalue weighted by Gasteiger charge is -2.37. The first-order valence-corrected chi connectivity index (χ1v) is 11.0. The van der Waals surface area contributed by atoms with Crippen molar-refractivity contribution in [3.05, 3.63) is 65.7 Å². The van der Waals surface area contributed by atoms with E-state index in [-0.39, 0.29) is 11.9 Å². The molecule has 0 bridgehead atoms. The third-order valence-electron chi connectivity index (χ3n) is 6.57. The topological polar surface area (TPSA) is 41.6 Å². The molecule has 2 aromatic carbocycles. The number of nitrogens with one attached hydrogen (secondary N) is 1. The van der Waals surface area contributed by atoms with Crippen molar-refractivity contribution >= 4 is 11.6 Å². The van der Waals surface area contributed by atoms with Gasteiger partial charge in [0.05, 0.1) is 11.5 Å². The van der Waals surface area contributed by atoms with Crippen LogP contribution >= 0.6 is 0 Å². The van der Waals surface area contributed by atoms with Gasteiger partial charge in [-0.3, -0.25) is 4.79 Å². The molecule has 2 aromatic rings. The molecule has 29 heavy (non-hydrogen) atoms. The molecule has 4 nitrogen and oxygen atoms in total. The van der Waals surface area contributed by atoms with E-state index in [0.29, 0.717) is 13.2 Å². The number of nitrogens with zero attached hydrogens (tertiary/aromatic N) is 1. The molecule has 0 aliphatic carbocycles. The van der Waals surface area contributed by atoms with Crippen LogP contribution in [0.2, 0.25) is 0 Å². The van der Waals surface area contributed by atoms with E-state index >= 15 is 0 Å². The molecule has 2 heterocycles. The summed E-state index contributed by atoms with van der Waals surface area (Å²) in [6.07, 6.45) is 5.35. The molecule has 1 atom stereocenters. The van der Waals surface area contributed by atoms with Crippen LogP contribution in [0.5, 0.6) is 0 Å². The highest BCUT2D eigenvalue weighted by Crippen LogP contribution is 2.36. The summed E-state index contributed by atoms with van der Waals surface area (Å²) in [5.74, 6) is 0.111. The molecule has 0 radical (unpaired) electrons. The van der Waals surface area contributed by atoms with Crippen LogP contribution < -0.4 is 10.2 Å². The number of amides is 1. The zero-order chi connectivity index (χ0) is 20.1. The van der Waals surface area contributed by atoms with Crippen molar-refractivity contribution in [3.63, 3.8) is 0 Å². The summed E-state index contributed by atoms with van der Waals surface area (Å²) >= 11 is 0. The van der Waals surface area contributed by atoms with E-state index in [1.54, 1.807) is 0 Å². The van der Waals surface area contributed by atoms with E-state index in [9.17, 15) is 4.79 Å². The van der Waals surface area contributed by atoms with Crippen LogP contribution in [0.25, 0.3) is 0 Å². The average Bonchev–Trinajstić information content (AvgIpc) is 2.80. The summed E-state index contributed by atoms with van der Waals surface area (Å²) in [5, 5.41) is 3.30. The van der Waals surface area contributed by atoms with Gasteiger partial charge in [0.2, 0.25) is 5.91 Å². The highest BCUT2D eigenvalue weighted by atomic mass is 16.5. The monoisotopic (exact) mass is 392 g/mol. The third kappa shape index (κ3) is 4.32. The highest BCUT2D eigenvalue weighted by Gasteiger charge is 2.42. The molecule has 0 unspecified atom stereocenters. The first-order valence-electron chi connectivity index (χ1n) is 11.0. The Kier molecular flexibility index (Phi) is 6.19. The normalized spacial score (nSPS) is 20.1. The Bertz CT molecular complexity index is 791. The molecular formula is C25H32N2O2. The van der Waals surface area contributed by atoms with Crippen molar-refractivity contribution in [1.82, 2.24) is 5.32 Å². The second kappa shape index (κ2) is 9.00. The molecule has 0 spiro atoms. The second-order valence-electron chi connectivity index (χ2n) is 8.39. The molecule has 0 saturated carbocycles. The van der Waals surface area contributed by atoms with Gasteiger partial charge in [0.25, 0.3) is 0 Å². The molecular weight excluding hydrogens is 360 g/mol. The standard InChI is InChI=1S/C25H32N2O2/c1-20(21-10-12-23(13-11-21)27-16-6-3-7-17-27)26-24(28)25(14-18-29-19-15-25)22-8-4-2-5-9-22/h2,4-5,8-13,20H,3,6-7,14-19H2,1H3,(H,26,28)/t20-/m1/s1. The fourth-order valence-corrected chi connectivity index (χ4v) is 4.67. The highest BCUT2D eigenvalue weighted by molar-refractivity contribution is 5.88. The molecule has 1 amide bonds. The van der Waals surface area contributed by atoms with E-state index in [0.717, 1.165) is 37.1 Å². The maximum Gasteiger partial charge on any atom is 0.231 e. The van der Waals surface area contributed by atoms with E-state index < -0.39 is 5.41 Å². The second-order valence-corrected chi connectivity index (χ2v) is 8.39. The quantitative estimate of drug-likeness (QED) is 0.808. The molecule has 2 aliphatic heterocycles. The number of ether oxygens (including phenoxy) is 1. The third-order valence-corrected chi connectivity index (χ3v) is 6.57. The number of rotatable bonds is 5. The Labute approximate surface area is 174 Å². The van der Waals surface area contributed by atoms with Gasteiger partial charge in [-0.2, -0.15) is 0 Å². The smallest absolute Gasteiger partial charge is 0.231 e. The molecule has 4 rings (SSSR count). The number of anilines is 1. The number of hydrogen-bond donors (Lipinski definition) is 1. The predicted octanol–water partition coefficient (Wildman–Crippen LogP) is 4.60. The van der Waals surface area contributed by atoms with Gasteiger partial charge in [0.1, 0.15) is 0 Å². The molecule has 1 N–H and O–H groups in total. The first-order chi connectivity index (χ1) is 14.2. The summed E-state index contributed by atoms with van der Waals surface area (Å²) in [7, 11) is 0.